The van der Waals surface area contributed by atoms with Crippen LogP contribution in [0.2, 0.25) is 0 Å². The second-order valence-corrected chi connectivity index (χ2v) is 13.3. The van der Waals surface area contributed by atoms with Crippen LogP contribution in [0.15, 0.2) is 17.0 Å². The molecule has 3 rings (SSSR count). The van der Waals surface area contributed by atoms with Gasteiger partial charge in [0.25, 0.3) is 0 Å². The van der Waals surface area contributed by atoms with Crippen LogP contribution in [-0.4, -0.2) is 88.8 Å². The number of ketones is 1. The Kier molecular flexibility index (Phi) is 10.4. The summed E-state index contributed by atoms with van der Waals surface area (Å²) in [5, 5.41) is 0. The first-order valence-corrected chi connectivity index (χ1v) is 15.0. The molecule has 8 heteroatoms. The number of hydrogen-bond donors (Lipinski definition) is 0. The van der Waals surface area contributed by atoms with Gasteiger partial charge in [-0.05, 0) is 115 Å². The maximum atomic E-state index is 13.2. The van der Waals surface area contributed by atoms with Crippen LogP contribution in [-0.2, 0) is 14.8 Å². The monoisotopic (exact) mass is 521 g/mol. The molecule has 204 valence electrons. The number of carbonyl (C=O) groups is 1. The van der Waals surface area contributed by atoms with Crippen molar-refractivity contribution in [3.05, 3.63) is 23.3 Å². The van der Waals surface area contributed by atoms with Crippen LogP contribution in [0.3, 0.4) is 0 Å². The van der Waals surface area contributed by atoms with Gasteiger partial charge in [-0.3, -0.25) is 4.79 Å². The number of rotatable bonds is 11. The predicted octanol–water partition coefficient (Wildman–Crippen LogP) is 4.11. The smallest absolute Gasteiger partial charge is 0.243 e. The number of methoxy groups -OCH3 is 1. The lowest BCUT2D eigenvalue weighted by Crippen LogP contribution is -2.44. The van der Waals surface area contributed by atoms with Crippen molar-refractivity contribution in [1.82, 2.24) is 14.1 Å². The molecule has 1 saturated carbocycles. The Bertz CT molecular complexity index is 956. The Morgan fingerprint density at radius 1 is 0.972 bits per heavy atom. The zero-order valence-corrected chi connectivity index (χ0v) is 24.1. The lowest BCUT2D eigenvalue weighted by Gasteiger charge is -2.41. The molecular formula is C28H47N3O4S. The molecule has 1 aliphatic carbocycles. The second kappa shape index (κ2) is 12.9. The molecule has 0 amide bonds. The number of Topliss-reactive ketones (excluding diaryl/α,β-unsaturated/α-hetero) is 1. The van der Waals surface area contributed by atoms with Crippen molar-refractivity contribution in [3.8, 4) is 5.75 Å². The van der Waals surface area contributed by atoms with Gasteiger partial charge in [0.15, 0.2) is 0 Å². The van der Waals surface area contributed by atoms with Gasteiger partial charge in [-0.1, -0.05) is 0 Å². The third-order valence-corrected chi connectivity index (χ3v) is 10.3. The van der Waals surface area contributed by atoms with Gasteiger partial charge in [-0.15, -0.1) is 0 Å². The number of carbonyl (C=O) groups excluding carboxylic acids is 1. The molecule has 2 fully saturated rings. The molecule has 1 aliphatic heterocycles. The van der Waals surface area contributed by atoms with Crippen molar-refractivity contribution in [2.24, 2.45) is 11.8 Å². The van der Waals surface area contributed by atoms with E-state index in [1.165, 1.54) is 49.6 Å². The Morgan fingerprint density at radius 3 is 2.08 bits per heavy atom. The van der Waals surface area contributed by atoms with Gasteiger partial charge >= 0.3 is 0 Å². The van der Waals surface area contributed by atoms with Crippen molar-refractivity contribution in [1.29, 1.82) is 0 Å². The van der Waals surface area contributed by atoms with Crippen molar-refractivity contribution < 1.29 is 17.9 Å². The first kappa shape index (κ1) is 29.1. The number of nitrogens with zero attached hydrogens (tertiary/aromatic N) is 3. The van der Waals surface area contributed by atoms with Crippen LogP contribution < -0.4 is 4.74 Å². The van der Waals surface area contributed by atoms with Crippen LogP contribution in [0.1, 0.15) is 62.5 Å². The molecule has 0 bridgehead atoms. The molecule has 1 saturated heterocycles. The minimum absolute atomic E-state index is 0.174. The molecule has 2 aliphatic rings. The summed E-state index contributed by atoms with van der Waals surface area (Å²) in [6.07, 6.45) is 8.00. The fraction of sp³-hybridized carbons (Fsp3) is 0.750. The summed E-state index contributed by atoms with van der Waals surface area (Å²) in [4.78, 5) is 18.0. The number of hydrogen-bond acceptors (Lipinski definition) is 6. The molecule has 0 radical (unpaired) electrons. The Hall–Kier alpha value is -1.48. The minimum atomic E-state index is -3.67. The highest BCUT2D eigenvalue weighted by atomic mass is 32.2. The molecule has 0 spiro atoms. The lowest BCUT2D eigenvalue weighted by molar-refractivity contribution is -0.120. The Labute approximate surface area is 219 Å². The Morgan fingerprint density at radius 2 is 1.56 bits per heavy atom. The zero-order valence-electron chi connectivity index (χ0n) is 23.3. The molecule has 0 aromatic heterocycles. The van der Waals surface area contributed by atoms with E-state index in [9.17, 15) is 13.2 Å². The van der Waals surface area contributed by atoms with Crippen molar-refractivity contribution in [2.75, 3.05) is 54.4 Å². The van der Waals surface area contributed by atoms with E-state index in [0.29, 0.717) is 40.2 Å². The highest BCUT2D eigenvalue weighted by molar-refractivity contribution is 7.89. The summed E-state index contributed by atoms with van der Waals surface area (Å²) >= 11 is 0. The number of sulfonamides is 1. The first-order chi connectivity index (χ1) is 17.0. The third kappa shape index (κ3) is 7.53. The maximum Gasteiger partial charge on any atom is 0.243 e. The van der Waals surface area contributed by atoms with Gasteiger partial charge in [0.05, 0.1) is 12.0 Å². The van der Waals surface area contributed by atoms with Crippen LogP contribution in [0.25, 0.3) is 0 Å². The minimum Gasteiger partial charge on any atom is -0.497 e. The topological polar surface area (TPSA) is 70.2 Å². The summed E-state index contributed by atoms with van der Waals surface area (Å²) in [5.74, 6) is 2.08. The van der Waals surface area contributed by atoms with Crippen LogP contribution in [0, 0.1) is 25.7 Å². The third-order valence-electron chi connectivity index (χ3n) is 8.16. The lowest BCUT2D eigenvalue weighted by atomic mass is 9.81. The van der Waals surface area contributed by atoms with E-state index in [2.05, 4.69) is 23.9 Å². The largest absolute Gasteiger partial charge is 0.497 e. The van der Waals surface area contributed by atoms with Gasteiger partial charge in [-0.25, -0.2) is 12.7 Å². The standard InChI is InChI=1S/C28H47N3O4S/c1-21-17-27(35-6)18-22(2)28(21)36(33,34)30(5)14-13-26(32)19-23-7-9-25(10-8-23)31-15-11-24(12-16-31)20-29(3)4/h17-18,23-25H,7-16,19-20H2,1-6H3. The van der Waals surface area contributed by atoms with Crippen LogP contribution in [0.5, 0.6) is 5.75 Å². The SMILES string of the molecule is COc1cc(C)c(S(=O)(=O)N(C)CCC(=O)CC2CCC(N3CCC(CN(C)C)CC3)CC2)c(C)c1. The zero-order chi connectivity index (χ0) is 26.5. The summed E-state index contributed by atoms with van der Waals surface area (Å²) in [6.45, 7) is 7.39. The average Bonchev–Trinajstić information content (AvgIpc) is 2.82. The molecule has 1 heterocycles. The van der Waals surface area contributed by atoms with E-state index in [1.807, 2.05) is 0 Å². The van der Waals surface area contributed by atoms with E-state index in [4.69, 9.17) is 4.74 Å². The number of aryl methyl sites for hydroxylation is 2. The molecule has 7 nitrogen and oxygen atoms in total. The predicted molar refractivity (Wildman–Crippen MR) is 145 cm³/mol. The van der Waals surface area contributed by atoms with Crippen molar-refractivity contribution in [3.63, 3.8) is 0 Å². The highest BCUT2D eigenvalue weighted by Gasteiger charge is 2.30. The molecule has 0 unspecified atom stereocenters. The average molecular weight is 522 g/mol. The number of piperidine rings is 1. The van der Waals surface area contributed by atoms with Gasteiger partial charge in [-0.2, -0.15) is 0 Å². The molecule has 0 atom stereocenters. The van der Waals surface area contributed by atoms with Crippen LogP contribution >= 0.6 is 0 Å². The number of benzene rings is 1. The van der Waals surface area contributed by atoms with Crippen molar-refractivity contribution >= 4 is 15.8 Å². The van der Waals surface area contributed by atoms with E-state index >= 15 is 0 Å². The molecular weight excluding hydrogens is 474 g/mol. The molecule has 1 aromatic rings. The van der Waals surface area contributed by atoms with Gasteiger partial charge < -0.3 is 14.5 Å². The normalized spacial score (nSPS) is 22.3. The molecule has 36 heavy (non-hydrogen) atoms. The van der Waals surface area contributed by atoms with E-state index in [-0.39, 0.29) is 18.7 Å². The first-order valence-electron chi connectivity index (χ1n) is 13.5. The quantitative estimate of drug-likeness (QED) is 0.436. The summed E-state index contributed by atoms with van der Waals surface area (Å²) in [6, 6.07) is 4.14. The summed E-state index contributed by atoms with van der Waals surface area (Å²) < 4.78 is 33.0. The van der Waals surface area contributed by atoms with Gasteiger partial charge in [0.2, 0.25) is 10.0 Å². The molecule has 1 aromatic carbocycles. The van der Waals surface area contributed by atoms with Gasteiger partial charge in [0, 0.05) is 39.0 Å². The number of likely N-dealkylation sites (tertiary alicyclic amines) is 1. The molecule has 0 N–H and O–H groups in total. The second-order valence-electron chi connectivity index (χ2n) is 11.3. The maximum absolute atomic E-state index is 13.2. The number of ether oxygens (including phenoxy) is 1. The fourth-order valence-electron chi connectivity index (χ4n) is 6.15. The Balaban J connectivity index is 1.43. The van der Waals surface area contributed by atoms with E-state index < -0.39 is 10.0 Å². The highest BCUT2D eigenvalue weighted by Crippen LogP contribution is 2.33. The van der Waals surface area contributed by atoms with Crippen molar-refractivity contribution in [2.45, 2.75) is 76.2 Å². The fourth-order valence-corrected chi connectivity index (χ4v) is 7.72. The summed E-state index contributed by atoms with van der Waals surface area (Å²) in [5.41, 5.74) is 1.31. The van der Waals surface area contributed by atoms with Gasteiger partial charge in [0.1, 0.15) is 11.5 Å². The van der Waals surface area contributed by atoms with E-state index in [0.717, 1.165) is 18.8 Å². The van der Waals surface area contributed by atoms with Crippen LogP contribution in [0.4, 0.5) is 0 Å². The summed E-state index contributed by atoms with van der Waals surface area (Å²) in [7, 11) is 3.79. The van der Waals surface area contributed by atoms with E-state index in [1.54, 1.807) is 40.1 Å².